The van der Waals surface area contributed by atoms with Crippen molar-refractivity contribution in [2.45, 2.75) is 32.4 Å². The van der Waals surface area contributed by atoms with Crippen LogP contribution < -0.4 is 10.6 Å². The Labute approximate surface area is 235 Å². The summed E-state index contributed by atoms with van der Waals surface area (Å²) >= 11 is 0. The topological polar surface area (TPSA) is 108 Å². The third-order valence-electron chi connectivity index (χ3n) is 7.36. The molecule has 3 aromatic rings. The summed E-state index contributed by atoms with van der Waals surface area (Å²) in [6.07, 6.45) is -0.613. The molecule has 210 valence electrons. The van der Waals surface area contributed by atoms with Gasteiger partial charge in [-0.3, -0.25) is 9.69 Å². The summed E-state index contributed by atoms with van der Waals surface area (Å²) in [5.41, 5.74) is 5.57. The normalized spacial score (nSPS) is 13.8. The molecule has 0 saturated carbocycles. The highest BCUT2D eigenvalue weighted by molar-refractivity contribution is 5.86. The maximum atomic E-state index is 13.1. The Morgan fingerprint density at radius 2 is 1.48 bits per heavy atom. The first-order valence-electron chi connectivity index (χ1n) is 13.6. The van der Waals surface area contributed by atoms with Crippen LogP contribution in [0.3, 0.4) is 0 Å². The fourth-order valence-electron chi connectivity index (χ4n) is 5.21. The molecule has 0 aliphatic heterocycles. The number of carboxylic acids is 1. The second kappa shape index (κ2) is 13.3. The molecule has 0 saturated heterocycles. The average Bonchev–Trinajstić information content (AvgIpc) is 3.25. The van der Waals surface area contributed by atoms with E-state index in [2.05, 4.69) is 34.9 Å². The van der Waals surface area contributed by atoms with Gasteiger partial charge < -0.3 is 20.5 Å². The number of nitrogens with one attached hydrogen (secondary N) is 2. The summed E-state index contributed by atoms with van der Waals surface area (Å²) in [6, 6.07) is 24.8. The van der Waals surface area contributed by atoms with E-state index in [1.54, 1.807) is 0 Å². The number of carboxylic acid groups (broad SMARTS) is 1. The molecule has 4 rings (SSSR count). The van der Waals surface area contributed by atoms with Crippen LogP contribution in [0.1, 0.15) is 36.5 Å². The van der Waals surface area contributed by atoms with Crippen LogP contribution in [0.2, 0.25) is 0 Å². The number of carbonyl (C=O) groups excluding carboxylic acids is 2. The zero-order chi connectivity index (χ0) is 28.6. The lowest BCUT2D eigenvalue weighted by Crippen LogP contribution is -2.51. The first kappa shape index (κ1) is 28.8. The summed E-state index contributed by atoms with van der Waals surface area (Å²) in [5.74, 6) is -2.35. The molecule has 2 atom stereocenters. The Hall–Kier alpha value is -4.17. The molecular weight excluding hydrogens is 506 g/mol. The van der Waals surface area contributed by atoms with Gasteiger partial charge in [0.15, 0.2) is 0 Å². The minimum atomic E-state index is -1.11. The number of alkyl carbamates (subject to hydrolysis) is 1. The van der Waals surface area contributed by atoms with E-state index in [0.29, 0.717) is 6.54 Å². The predicted molar refractivity (Wildman–Crippen MR) is 154 cm³/mol. The van der Waals surface area contributed by atoms with Gasteiger partial charge in [0.05, 0.1) is 5.92 Å². The number of aliphatic carboxylic acids is 1. The molecule has 40 heavy (non-hydrogen) atoms. The van der Waals surface area contributed by atoms with Gasteiger partial charge in [0.1, 0.15) is 12.6 Å². The Bertz CT molecular complexity index is 1280. The first-order valence-corrected chi connectivity index (χ1v) is 13.6. The van der Waals surface area contributed by atoms with Gasteiger partial charge in [-0.05, 0) is 40.8 Å². The van der Waals surface area contributed by atoms with Crippen molar-refractivity contribution in [3.05, 3.63) is 95.6 Å². The average molecular weight is 544 g/mol. The van der Waals surface area contributed by atoms with Crippen LogP contribution in [-0.2, 0) is 20.9 Å². The Kier molecular flexibility index (Phi) is 9.56. The molecule has 2 unspecified atom stereocenters. The number of hydrogen-bond acceptors (Lipinski definition) is 5. The summed E-state index contributed by atoms with van der Waals surface area (Å²) in [7, 11) is 1.81. The van der Waals surface area contributed by atoms with Gasteiger partial charge in [-0.15, -0.1) is 0 Å². The lowest BCUT2D eigenvalue weighted by Gasteiger charge is -2.26. The second-order valence-corrected chi connectivity index (χ2v) is 10.6. The van der Waals surface area contributed by atoms with Crippen LogP contribution in [-0.4, -0.2) is 60.8 Å². The van der Waals surface area contributed by atoms with E-state index in [1.807, 2.05) is 80.4 Å². The number of carbonyl (C=O) groups is 3. The van der Waals surface area contributed by atoms with Crippen LogP contribution in [0.5, 0.6) is 0 Å². The summed E-state index contributed by atoms with van der Waals surface area (Å²) in [5, 5.41) is 15.1. The van der Waals surface area contributed by atoms with Crippen molar-refractivity contribution in [2.75, 3.05) is 26.7 Å². The van der Waals surface area contributed by atoms with Crippen LogP contribution in [0.4, 0.5) is 4.79 Å². The van der Waals surface area contributed by atoms with Gasteiger partial charge >= 0.3 is 12.1 Å². The molecule has 0 fully saturated rings. The monoisotopic (exact) mass is 543 g/mol. The van der Waals surface area contributed by atoms with Gasteiger partial charge in [0, 0.05) is 25.6 Å². The van der Waals surface area contributed by atoms with Crippen molar-refractivity contribution < 1.29 is 24.2 Å². The second-order valence-electron chi connectivity index (χ2n) is 10.6. The van der Waals surface area contributed by atoms with Crippen molar-refractivity contribution in [1.82, 2.24) is 15.5 Å². The molecular formula is C32H37N3O5. The van der Waals surface area contributed by atoms with Crippen molar-refractivity contribution in [2.24, 2.45) is 11.8 Å². The molecule has 0 heterocycles. The largest absolute Gasteiger partial charge is 0.480 e. The SMILES string of the molecule is CC(C)C(CNC(=O)OCC1c2ccccc2-c2ccccc21)C(=O)NC(CN(C)Cc1ccccc1)C(=O)O. The molecule has 0 radical (unpaired) electrons. The number of hydrogen-bond donors (Lipinski definition) is 3. The number of nitrogens with zero attached hydrogens (tertiary/aromatic N) is 1. The number of rotatable bonds is 12. The van der Waals surface area contributed by atoms with Gasteiger partial charge in [0.25, 0.3) is 0 Å². The zero-order valence-electron chi connectivity index (χ0n) is 23.2. The number of ether oxygens (including phenoxy) is 1. The predicted octanol–water partition coefficient (Wildman–Crippen LogP) is 4.50. The molecule has 8 heteroatoms. The maximum absolute atomic E-state index is 13.1. The minimum absolute atomic E-state index is 0.0341. The van der Waals surface area contributed by atoms with Crippen LogP contribution >= 0.6 is 0 Å². The van der Waals surface area contributed by atoms with Crippen molar-refractivity contribution in [3.63, 3.8) is 0 Å². The van der Waals surface area contributed by atoms with E-state index in [9.17, 15) is 19.5 Å². The summed E-state index contributed by atoms with van der Waals surface area (Å²) in [4.78, 5) is 39.6. The zero-order valence-corrected chi connectivity index (χ0v) is 23.2. The fourth-order valence-corrected chi connectivity index (χ4v) is 5.21. The van der Waals surface area contributed by atoms with Crippen molar-refractivity contribution in [3.8, 4) is 11.1 Å². The third kappa shape index (κ3) is 7.07. The summed E-state index contributed by atoms with van der Waals surface area (Å²) < 4.78 is 5.60. The number of amides is 2. The van der Waals surface area contributed by atoms with Gasteiger partial charge in [-0.2, -0.15) is 0 Å². The molecule has 3 N–H and O–H groups in total. The van der Waals surface area contributed by atoms with Crippen LogP contribution in [0, 0.1) is 11.8 Å². The van der Waals surface area contributed by atoms with Gasteiger partial charge in [0.2, 0.25) is 5.91 Å². The van der Waals surface area contributed by atoms with Gasteiger partial charge in [-0.1, -0.05) is 92.7 Å². The molecule has 2 amide bonds. The highest BCUT2D eigenvalue weighted by Crippen LogP contribution is 2.44. The maximum Gasteiger partial charge on any atom is 0.407 e. The fraction of sp³-hybridized carbons (Fsp3) is 0.344. The van der Waals surface area contributed by atoms with Crippen molar-refractivity contribution >= 4 is 18.0 Å². The van der Waals surface area contributed by atoms with Crippen LogP contribution in [0.25, 0.3) is 11.1 Å². The van der Waals surface area contributed by atoms with E-state index in [1.165, 1.54) is 0 Å². The van der Waals surface area contributed by atoms with E-state index >= 15 is 0 Å². The molecule has 3 aromatic carbocycles. The number of likely N-dealkylation sites (N-methyl/N-ethyl adjacent to an activating group) is 1. The van der Waals surface area contributed by atoms with Crippen LogP contribution in [0.15, 0.2) is 78.9 Å². The molecule has 1 aliphatic carbocycles. The Morgan fingerprint density at radius 3 is 2.05 bits per heavy atom. The smallest absolute Gasteiger partial charge is 0.407 e. The lowest BCUT2D eigenvalue weighted by molar-refractivity contribution is -0.143. The highest BCUT2D eigenvalue weighted by Gasteiger charge is 2.31. The molecule has 0 spiro atoms. The minimum Gasteiger partial charge on any atom is -0.480 e. The lowest BCUT2D eigenvalue weighted by atomic mass is 9.94. The van der Waals surface area contributed by atoms with Crippen molar-refractivity contribution in [1.29, 1.82) is 0 Å². The van der Waals surface area contributed by atoms with E-state index in [4.69, 9.17) is 4.74 Å². The Morgan fingerprint density at radius 1 is 0.900 bits per heavy atom. The molecule has 0 aromatic heterocycles. The van der Waals surface area contributed by atoms with E-state index in [-0.39, 0.29) is 31.5 Å². The first-order chi connectivity index (χ1) is 19.2. The highest BCUT2D eigenvalue weighted by atomic mass is 16.5. The molecule has 0 bridgehead atoms. The van der Waals surface area contributed by atoms with E-state index in [0.717, 1.165) is 27.8 Å². The quantitative estimate of drug-likeness (QED) is 0.311. The molecule has 1 aliphatic rings. The number of fused-ring (bicyclic) bond motifs is 3. The standard InChI is InChI=1S/C32H37N3O5/c1-21(2)27(30(36)34-29(31(37)38)19-35(3)18-22-11-5-4-6-12-22)17-33-32(39)40-20-28-25-15-9-7-13-23(25)24-14-8-10-16-26(24)28/h4-16,21,27-29H,17-20H2,1-3H3,(H,33,39)(H,34,36)(H,37,38). The number of benzene rings is 3. The van der Waals surface area contributed by atoms with Gasteiger partial charge in [-0.25, -0.2) is 9.59 Å². The third-order valence-corrected chi connectivity index (χ3v) is 7.36. The molecule has 8 nitrogen and oxygen atoms in total. The van der Waals surface area contributed by atoms with E-state index < -0.39 is 29.9 Å². The summed E-state index contributed by atoms with van der Waals surface area (Å²) in [6.45, 7) is 4.62. The Balaban J connectivity index is 1.31.